The predicted molar refractivity (Wildman–Crippen MR) is 92.1 cm³/mol. The minimum absolute atomic E-state index is 0.217. The zero-order valence-electron chi connectivity index (χ0n) is 13.7. The van der Waals surface area contributed by atoms with Crippen LogP contribution in [0.25, 0.3) is 0 Å². The standard InChI is InChI=1S/C18H26N2S/c1-13(17-19-10-11-21-17)12-20-14(2)15-6-8-16(9-7-15)18(3,4)5/h6-11,13-14,20H,12H2,1-5H3. The van der Waals surface area contributed by atoms with Crippen LogP contribution in [-0.2, 0) is 5.41 Å². The normalized spacial score (nSPS) is 14.9. The summed E-state index contributed by atoms with van der Waals surface area (Å²) in [6.45, 7) is 12.1. The molecule has 0 aliphatic rings. The molecule has 0 fully saturated rings. The lowest BCUT2D eigenvalue weighted by atomic mass is 9.86. The lowest BCUT2D eigenvalue weighted by Gasteiger charge is -2.21. The molecule has 1 aromatic carbocycles. The zero-order valence-corrected chi connectivity index (χ0v) is 14.5. The van der Waals surface area contributed by atoms with Crippen LogP contribution in [0.2, 0.25) is 0 Å². The molecule has 3 heteroatoms. The molecule has 2 nitrogen and oxygen atoms in total. The van der Waals surface area contributed by atoms with Crippen molar-refractivity contribution in [1.29, 1.82) is 0 Å². The monoisotopic (exact) mass is 302 g/mol. The Labute approximate surface area is 132 Å². The van der Waals surface area contributed by atoms with Gasteiger partial charge in [-0.2, -0.15) is 0 Å². The molecule has 2 unspecified atom stereocenters. The molecule has 0 amide bonds. The van der Waals surface area contributed by atoms with Gasteiger partial charge in [0, 0.05) is 30.1 Å². The summed E-state index contributed by atoms with van der Waals surface area (Å²) in [7, 11) is 0. The van der Waals surface area contributed by atoms with Crippen molar-refractivity contribution in [1.82, 2.24) is 10.3 Å². The average Bonchev–Trinajstić information content (AvgIpc) is 2.98. The van der Waals surface area contributed by atoms with Gasteiger partial charge in [-0.25, -0.2) is 4.98 Å². The van der Waals surface area contributed by atoms with Crippen LogP contribution in [0.15, 0.2) is 35.8 Å². The summed E-state index contributed by atoms with van der Waals surface area (Å²) in [6.07, 6.45) is 1.88. The highest BCUT2D eigenvalue weighted by Gasteiger charge is 2.15. The molecule has 1 N–H and O–H groups in total. The number of hydrogen-bond donors (Lipinski definition) is 1. The van der Waals surface area contributed by atoms with E-state index in [-0.39, 0.29) is 5.41 Å². The van der Waals surface area contributed by atoms with Crippen molar-refractivity contribution in [2.24, 2.45) is 0 Å². The molecule has 0 aliphatic carbocycles. The zero-order chi connectivity index (χ0) is 15.5. The fourth-order valence-electron chi connectivity index (χ4n) is 2.31. The molecular formula is C18H26N2S. The minimum atomic E-state index is 0.217. The van der Waals surface area contributed by atoms with Crippen LogP contribution >= 0.6 is 11.3 Å². The average molecular weight is 302 g/mol. The number of hydrogen-bond acceptors (Lipinski definition) is 3. The second kappa shape index (κ2) is 6.71. The van der Waals surface area contributed by atoms with E-state index < -0.39 is 0 Å². The van der Waals surface area contributed by atoms with Crippen molar-refractivity contribution in [3.63, 3.8) is 0 Å². The third-order valence-corrected chi connectivity index (χ3v) is 4.89. The predicted octanol–water partition coefficient (Wildman–Crippen LogP) is 4.89. The Hall–Kier alpha value is -1.19. The SMILES string of the molecule is CC(CNC(C)c1ccc(C(C)(C)C)cc1)c1nccs1. The van der Waals surface area contributed by atoms with E-state index >= 15 is 0 Å². The summed E-state index contributed by atoms with van der Waals surface area (Å²) >= 11 is 1.73. The molecule has 0 radical (unpaired) electrons. The largest absolute Gasteiger partial charge is 0.310 e. The van der Waals surface area contributed by atoms with E-state index in [1.54, 1.807) is 11.3 Å². The quantitative estimate of drug-likeness (QED) is 0.850. The van der Waals surface area contributed by atoms with Gasteiger partial charge >= 0.3 is 0 Å². The topological polar surface area (TPSA) is 24.9 Å². The minimum Gasteiger partial charge on any atom is -0.310 e. The van der Waals surface area contributed by atoms with E-state index in [0.29, 0.717) is 12.0 Å². The number of rotatable bonds is 5. The Bertz CT molecular complexity index is 538. The van der Waals surface area contributed by atoms with Crippen LogP contribution in [0.4, 0.5) is 0 Å². The molecule has 2 atom stereocenters. The van der Waals surface area contributed by atoms with Crippen LogP contribution < -0.4 is 5.32 Å². The molecule has 2 rings (SSSR count). The third kappa shape index (κ3) is 4.39. The molecule has 1 aromatic heterocycles. The van der Waals surface area contributed by atoms with Crippen LogP contribution in [0, 0.1) is 0 Å². The molecule has 2 aromatic rings. The molecule has 0 saturated carbocycles. The van der Waals surface area contributed by atoms with Crippen molar-refractivity contribution in [2.45, 2.75) is 52.0 Å². The fraction of sp³-hybridized carbons (Fsp3) is 0.500. The number of nitrogens with one attached hydrogen (secondary N) is 1. The van der Waals surface area contributed by atoms with Crippen LogP contribution in [-0.4, -0.2) is 11.5 Å². The maximum atomic E-state index is 4.38. The fourth-order valence-corrected chi connectivity index (χ4v) is 3.01. The van der Waals surface area contributed by atoms with Gasteiger partial charge in [-0.15, -0.1) is 11.3 Å². The number of thiazole rings is 1. The van der Waals surface area contributed by atoms with Gasteiger partial charge in [0.25, 0.3) is 0 Å². The van der Waals surface area contributed by atoms with Crippen molar-refractivity contribution < 1.29 is 0 Å². The summed E-state index contributed by atoms with van der Waals surface area (Å²) in [6, 6.07) is 9.34. The van der Waals surface area contributed by atoms with Gasteiger partial charge < -0.3 is 5.32 Å². The Morgan fingerprint density at radius 3 is 2.33 bits per heavy atom. The van der Waals surface area contributed by atoms with Gasteiger partial charge in [0.1, 0.15) is 0 Å². The Kier molecular flexibility index (Phi) is 5.17. The molecule has 114 valence electrons. The second-order valence-electron chi connectivity index (χ2n) is 6.77. The third-order valence-electron chi connectivity index (χ3n) is 3.88. The van der Waals surface area contributed by atoms with E-state index in [0.717, 1.165) is 6.54 Å². The van der Waals surface area contributed by atoms with Crippen LogP contribution in [0.3, 0.4) is 0 Å². The van der Waals surface area contributed by atoms with Gasteiger partial charge in [-0.1, -0.05) is 52.0 Å². The summed E-state index contributed by atoms with van der Waals surface area (Å²) in [5.41, 5.74) is 2.94. The van der Waals surface area contributed by atoms with Gasteiger partial charge in [-0.3, -0.25) is 0 Å². The lowest BCUT2D eigenvalue weighted by molar-refractivity contribution is 0.535. The van der Waals surface area contributed by atoms with E-state index in [4.69, 9.17) is 0 Å². The number of nitrogens with zero attached hydrogens (tertiary/aromatic N) is 1. The lowest BCUT2D eigenvalue weighted by Crippen LogP contribution is -2.23. The first-order valence-corrected chi connectivity index (χ1v) is 8.49. The van der Waals surface area contributed by atoms with E-state index in [1.807, 2.05) is 11.6 Å². The van der Waals surface area contributed by atoms with Crippen LogP contribution in [0.1, 0.15) is 62.7 Å². The van der Waals surface area contributed by atoms with Crippen molar-refractivity contribution >= 4 is 11.3 Å². The Balaban J connectivity index is 1.93. The number of benzene rings is 1. The van der Waals surface area contributed by atoms with Crippen molar-refractivity contribution in [3.8, 4) is 0 Å². The molecule has 1 heterocycles. The van der Waals surface area contributed by atoms with Crippen molar-refractivity contribution in [2.75, 3.05) is 6.54 Å². The maximum absolute atomic E-state index is 4.38. The molecular weight excluding hydrogens is 276 g/mol. The molecule has 21 heavy (non-hydrogen) atoms. The van der Waals surface area contributed by atoms with Crippen LogP contribution in [0.5, 0.6) is 0 Å². The number of aromatic nitrogens is 1. The van der Waals surface area contributed by atoms with Gasteiger partial charge in [0.2, 0.25) is 0 Å². The van der Waals surface area contributed by atoms with Gasteiger partial charge in [0.05, 0.1) is 5.01 Å². The van der Waals surface area contributed by atoms with E-state index in [1.165, 1.54) is 16.1 Å². The first-order valence-electron chi connectivity index (χ1n) is 7.61. The maximum Gasteiger partial charge on any atom is 0.0965 e. The van der Waals surface area contributed by atoms with E-state index in [2.05, 4.69) is 69.2 Å². The van der Waals surface area contributed by atoms with Gasteiger partial charge in [0.15, 0.2) is 0 Å². The summed E-state index contributed by atoms with van der Waals surface area (Å²) in [5, 5.41) is 6.86. The summed E-state index contributed by atoms with van der Waals surface area (Å²) in [4.78, 5) is 4.38. The summed E-state index contributed by atoms with van der Waals surface area (Å²) < 4.78 is 0. The molecule has 0 spiro atoms. The summed E-state index contributed by atoms with van der Waals surface area (Å²) in [5.74, 6) is 0.460. The second-order valence-corrected chi connectivity index (χ2v) is 7.70. The molecule has 0 saturated heterocycles. The Morgan fingerprint density at radius 2 is 1.81 bits per heavy atom. The highest BCUT2D eigenvalue weighted by Crippen LogP contribution is 2.24. The molecule has 0 aliphatic heterocycles. The first kappa shape index (κ1) is 16.2. The first-order chi connectivity index (χ1) is 9.88. The van der Waals surface area contributed by atoms with Gasteiger partial charge in [-0.05, 0) is 23.5 Å². The van der Waals surface area contributed by atoms with E-state index in [9.17, 15) is 0 Å². The smallest absolute Gasteiger partial charge is 0.0965 e. The Morgan fingerprint density at radius 1 is 1.14 bits per heavy atom. The van der Waals surface area contributed by atoms with Crippen molar-refractivity contribution in [3.05, 3.63) is 52.0 Å². The molecule has 0 bridgehead atoms. The highest BCUT2D eigenvalue weighted by molar-refractivity contribution is 7.09. The highest BCUT2D eigenvalue weighted by atomic mass is 32.1.